The standard InChI is InChI=1S/C22H25NO3.ClH/c1-4-14-23(16-21(24)19-8-6-5-7-9-19)17(2)15-18-10-12-20(13-11-18)22(25)26-3;/h1,5-13,17,21,24H,14-16H2,2-3H3;1H. The Hall–Kier alpha value is -2.32. The Morgan fingerprint density at radius 2 is 1.81 bits per heavy atom. The fraction of sp³-hybridized carbons (Fsp3) is 0.318. The van der Waals surface area contributed by atoms with E-state index in [9.17, 15) is 9.90 Å². The molecule has 0 amide bonds. The number of methoxy groups -OCH3 is 1. The van der Waals surface area contributed by atoms with Crippen LogP contribution in [0.4, 0.5) is 0 Å². The second kappa shape index (κ2) is 11.4. The molecule has 2 unspecified atom stereocenters. The summed E-state index contributed by atoms with van der Waals surface area (Å²) in [6.45, 7) is 3.02. The molecule has 2 atom stereocenters. The van der Waals surface area contributed by atoms with E-state index < -0.39 is 6.10 Å². The Labute approximate surface area is 167 Å². The molecule has 0 aliphatic carbocycles. The van der Waals surface area contributed by atoms with Crippen LogP contribution in [0.5, 0.6) is 0 Å². The number of esters is 1. The van der Waals surface area contributed by atoms with Crippen molar-refractivity contribution in [1.82, 2.24) is 4.90 Å². The SMILES string of the molecule is C#CCN(CC(O)c1ccccc1)C(C)Cc1ccc(C(=O)OC)cc1.Cl. The van der Waals surface area contributed by atoms with Gasteiger partial charge in [0.1, 0.15) is 0 Å². The zero-order chi connectivity index (χ0) is 18.9. The van der Waals surface area contributed by atoms with Crippen molar-refractivity contribution >= 4 is 18.4 Å². The maximum Gasteiger partial charge on any atom is 0.337 e. The van der Waals surface area contributed by atoms with Crippen LogP contribution >= 0.6 is 12.4 Å². The molecule has 0 heterocycles. The van der Waals surface area contributed by atoms with Gasteiger partial charge in [-0.2, -0.15) is 0 Å². The molecular weight excluding hydrogens is 362 g/mol. The Balaban J connectivity index is 0.00000364. The zero-order valence-electron chi connectivity index (χ0n) is 15.7. The number of aliphatic hydroxyl groups is 1. The van der Waals surface area contributed by atoms with Gasteiger partial charge in [-0.05, 0) is 36.6 Å². The summed E-state index contributed by atoms with van der Waals surface area (Å²) in [6.07, 6.45) is 5.70. The fourth-order valence-corrected chi connectivity index (χ4v) is 2.89. The number of hydrogen-bond acceptors (Lipinski definition) is 4. The zero-order valence-corrected chi connectivity index (χ0v) is 16.5. The van der Waals surface area contributed by atoms with Crippen LogP contribution in [0.25, 0.3) is 0 Å². The number of halogens is 1. The third-order valence-electron chi connectivity index (χ3n) is 4.42. The predicted octanol–water partition coefficient (Wildman–Crippen LogP) is 3.49. The summed E-state index contributed by atoms with van der Waals surface area (Å²) in [5.74, 6) is 2.33. The minimum atomic E-state index is -0.589. The lowest BCUT2D eigenvalue weighted by Crippen LogP contribution is -2.38. The minimum absolute atomic E-state index is 0. The third-order valence-corrected chi connectivity index (χ3v) is 4.42. The van der Waals surface area contributed by atoms with Gasteiger partial charge in [-0.3, -0.25) is 4.90 Å². The van der Waals surface area contributed by atoms with Gasteiger partial charge in [0.05, 0.1) is 25.3 Å². The van der Waals surface area contributed by atoms with Crippen molar-refractivity contribution in [1.29, 1.82) is 0 Å². The van der Waals surface area contributed by atoms with Crippen LogP contribution in [0, 0.1) is 12.3 Å². The van der Waals surface area contributed by atoms with Crippen LogP contribution in [0.2, 0.25) is 0 Å². The molecule has 0 saturated carbocycles. The number of benzene rings is 2. The molecule has 0 aliphatic rings. The predicted molar refractivity (Wildman–Crippen MR) is 110 cm³/mol. The van der Waals surface area contributed by atoms with Crippen molar-refractivity contribution in [2.75, 3.05) is 20.2 Å². The van der Waals surface area contributed by atoms with Crippen LogP contribution in [-0.2, 0) is 11.2 Å². The van der Waals surface area contributed by atoms with Crippen molar-refractivity contribution in [3.05, 3.63) is 71.3 Å². The second-order valence-electron chi connectivity index (χ2n) is 6.30. The molecule has 0 fully saturated rings. The number of ether oxygens (including phenoxy) is 1. The van der Waals surface area contributed by atoms with Gasteiger partial charge in [-0.25, -0.2) is 4.79 Å². The van der Waals surface area contributed by atoms with E-state index in [-0.39, 0.29) is 24.4 Å². The molecule has 5 heteroatoms. The highest BCUT2D eigenvalue weighted by atomic mass is 35.5. The second-order valence-corrected chi connectivity index (χ2v) is 6.30. The summed E-state index contributed by atoms with van der Waals surface area (Å²) < 4.78 is 4.72. The lowest BCUT2D eigenvalue weighted by molar-refractivity contribution is 0.0600. The summed E-state index contributed by atoms with van der Waals surface area (Å²) in [7, 11) is 1.37. The van der Waals surface area contributed by atoms with Crippen LogP contribution < -0.4 is 0 Å². The summed E-state index contributed by atoms with van der Waals surface area (Å²) in [6, 6.07) is 17.1. The van der Waals surface area contributed by atoms with Gasteiger partial charge in [-0.1, -0.05) is 48.4 Å². The van der Waals surface area contributed by atoms with E-state index in [1.807, 2.05) is 42.5 Å². The number of carbonyl (C=O) groups is 1. The summed E-state index contributed by atoms with van der Waals surface area (Å²) in [5.41, 5.74) is 2.51. The number of carbonyl (C=O) groups excluding carboxylic acids is 1. The monoisotopic (exact) mass is 387 g/mol. The maximum atomic E-state index is 11.5. The van der Waals surface area contributed by atoms with Gasteiger partial charge in [0.2, 0.25) is 0 Å². The molecule has 4 nitrogen and oxygen atoms in total. The number of rotatable bonds is 8. The Morgan fingerprint density at radius 1 is 1.19 bits per heavy atom. The van der Waals surface area contributed by atoms with E-state index in [0.717, 1.165) is 17.5 Å². The van der Waals surface area contributed by atoms with Gasteiger partial charge in [0, 0.05) is 12.6 Å². The molecule has 0 aromatic heterocycles. The molecule has 27 heavy (non-hydrogen) atoms. The Kier molecular flexibility index (Phi) is 9.60. The largest absolute Gasteiger partial charge is 0.465 e. The van der Waals surface area contributed by atoms with Crippen LogP contribution in [0.1, 0.15) is 34.5 Å². The minimum Gasteiger partial charge on any atom is -0.465 e. The Bertz CT molecular complexity index is 740. The van der Waals surface area contributed by atoms with Gasteiger partial charge in [-0.15, -0.1) is 18.8 Å². The molecule has 2 aromatic carbocycles. The maximum absolute atomic E-state index is 11.5. The first-order chi connectivity index (χ1) is 12.5. The highest BCUT2D eigenvalue weighted by molar-refractivity contribution is 5.89. The lowest BCUT2D eigenvalue weighted by atomic mass is 10.0. The summed E-state index contributed by atoms with van der Waals surface area (Å²) >= 11 is 0. The van der Waals surface area contributed by atoms with E-state index in [0.29, 0.717) is 18.7 Å². The number of aliphatic hydroxyl groups excluding tert-OH is 1. The molecule has 0 saturated heterocycles. The highest BCUT2D eigenvalue weighted by Gasteiger charge is 2.18. The third kappa shape index (κ3) is 6.73. The normalized spacial score (nSPS) is 12.6. The molecule has 0 bridgehead atoms. The van der Waals surface area contributed by atoms with Gasteiger partial charge >= 0.3 is 5.97 Å². The smallest absolute Gasteiger partial charge is 0.337 e. The fourth-order valence-electron chi connectivity index (χ4n) is 2.89. The first-order valence-corrected chi connectivity index (χ1v) is 8.63. The lowest BCUT2D eigenvalue weighted by Gasteiger charge is -2.29. The van der Waals surface area contributed by atoms with Crippen LogP contribution in [0.3, 0.4) is 0 Å². The first kappa shape index (κ1) is 22.7. The Morgan fingerprint density at radius 3 is 2.37 bits per heavy atom. The van der Waals surface area contributed by atoms with E-state index in [4.69, 9.17) is 11.2 Å². The molecule has 1 N–H and O–H groups in total. The van der Waals surface area contributed by atoms with E-state index in [1.165, 1.54) is 7.11 Å². The van der Waals surface area contributed by atoms with Gasteiger partial charge in [0.25, 0.3) is 0 Å². The molecule has 2 aromatic rings. The van der Waals surface area contributed by atoms with E-state index in [1.54, 1.807) is 12.1 Å². The molecule has 0 radical (unpaired) electrons. The van der Waals surface area contributed by atoms with Gasteiger partial charge < -0.3 is 9.84 Å². The van der Waals surface area contributed by atoms with Crippen molar-refractivity contribution in [3.8, 4) is 12.3 Å². The molecule has 0 spiro atoms. The molecule has 2 rings (SSSR count). The summed E-state index contributed by atoms with van der Waals surface area (Å²) in [5, 5.41) is 10.5. The number of terminal acetylenes is 1. The highest BCUT2D eigenvalue weighted by Crippen LogP contribution is 2.17. The van der Waals surface area contributed by atoms with Crippen molar-refractivity contribution in [3.63, 3.8) is 0 Å². The van der Waals surface area contributed by atoms with Crippen molar-refractivity contribution < 1.29 is 14.6 Å². The van der Waals surface area contributed by atoms with E-state index in [2.05, 4.69) is 17.7 Å². The average Bonchev–Trinajstić information content (AvgIpc) is 2.68. The van der Waals surface area contributed by atoms with Crippen LogP contribution in [-0.4, -0.2) is 42.2 Å². The molecular formula is C22H26ClNO3. The van der Waals surface area contributed by atoms with E-state index >= 15 is 0 Å². The van der Waals surface area contributed by atoms with Crippen LogP contribution in [0.15, 0.2) is 54.6 Å². The number of hydrogen-bond donors (Lipinski definition) is 1. The average molecular weight is 388 g/mol. The topological polar surface area (TPSA) is 49.8 Å². The first-order valence-electron chi connectivity index (χ1n) is 8.63. The van der Waals surface area contributed by atoms with Gasteiger partial charge in [0.15, 0.2) is 0 Å². The quantitative estimate of drug-likeness (QED) is 0.556. The summed E-state index contributed by atoms with van der Waals surface area (Å²) in [4.78, 5) is 13.6. The van der Waals surface area contributed by atoms with Crippen molar-refractivity contribution in [2.24, 2.45) is 0 Å². The molecule has 144 valence electrons. The number of nitrogens with zero attached hydrogens (tertiary/aromatic N) is 1. The van der Waals surface area contributed by atoms with Crippen molar-refractivity contribution in [2.45, 2.75) is 25.5 Å². The molecule has 0 aliphatic heterocycles.